The second-order valence-electron chi connectivity index (χ2n) is 3.31. The van der Waals surface area contributed by atoms with Gasteiger partial charge in [0.15, 0.2) is 17.3 Å². The lowest BCUT2D eigenvalue weighted by molar-refractivity contribution is 0.174. The molecule has 0 atom stereocenters. The van der Waals surface area contributed by atoms with Crippen molar-refractivity contribution in [1.82, 2.24) is 14.8 Å². The summed E-state index contributed by atoms with van der Waals surface area (Å²) in [6.45, 7) is 0.0856. The van der Waals surface area contributed by atoms with Crippen molar-refractivity contribution in [2.75, 3.05) is 6.79 Å². The second kappa shape index (κ2) is 3.49. The van der Waals surface area contributed by atoms with Crippen molar-refractivity contribution in [2.45, 2.75) is 6.61 Å². The average Bonchev–Trinajstić information content (AvgIpc) is 2.96. The number of hydrogen-bond donors (Lipinski definition) is 1. The Bertz CT molecular complexity index is 524. The Kier molecular flexibility index (Phi) is 2.00. The maximum absolute atomic E-state index is 9.08. The van der Waals surface area contributed by atoms with E-state index in [9.17, 15) is 0 Å². The molecule has 1 aliphatic heterocycles. The van der Waals surface area contributed by atoms with Crippen molar-refractivity contribution in [3.63, 3.8) is 0 Å². The quantitative estimate of drug-likeness (QED) is 0.795. The predicted molar refractivity (Wildman–Crippen MR) is 53.4 cm³/mol. The van der Waals surface area contributed by atoms with E-state index < -0.39 is 0 Å². The van der Waals surface area contributed by atoms with Gasteiger partial charge in [0.1, 0.15) is 12.9 Å². The van der Waals surface area contributed by atoms with Crippen LogP contribution in [0.4, 0.5) is 0 Å². The van der Waals surface area contributed by atoms with Crippen LogP contribution in [0.2, 0.25) is 0 Å². The number of aliphatic hydroxyl groups is 1. The van der Waals surface area contributed by atoms with Crippen LogP contribution in [0.3, 0.4) is 0 Å². The molecule has 0 saturated heterocycles. The summed E-state index contributed by atoms with van der Waals surface area (Å²) < 4.78 is 12.2. The van der Waals surface area contributed by atoms with E-state index in [0.29, 0.717) is 11.6 Å². The second-order valence-corrected chi connectivity index (χ2v) is 3.31. The lowest BCUT2D eigenvalue weighted by Crippen LogP contribution is -1.99. The summed E-state index contributed by atoms with van der Waals surface area (Å²) in [6, 6.07) is 5.50. The highest BCUT2D eigenvalue weighted by Gasteiger charge is 2.14. The van der Waals surface area contributed by atoms with Gasteiger partial charge in [-0.05, 0) is 12.1 Å². The number of rotatable bonds is 2. The standard InChI is InChI=1S/C10H9N3O3/c14-4-10-12-11-5-13(10)7-1-2-8-9(3-7)16-6-15-8/h1-3,5,14H,4,6H2. The molecule has 3 rings (SSSR count). The number of hydrogen-bond acceptors (Lipinski definition) is 5. The fourth-order valence-corrected chi connectivity index (χ4v) is 1.62. The molecule has 1 aliphatic rings. The molecule has 82 valence electrons. The molecule has 0 aliphatic carbocycles. The minimum absolute atomic E-state index is 0.158. The Hall–Kier alpha value is -2.08. The van der Waals surface area contributed by atoms with Gasteiger partial charge in [-0.1, -0.05) is 0 Å². The minimum atomic E-state index is -0.158. The molecule has 1 aromatic carbocycles. The van der Waals surface area contributed by atoms with Gasteiger partial charge in [-0.2, -0.15) is 0 Å². The number of aromatic nitrogens is 3. The first-order valence-corrected chi connectivity index (χ1v) is 4.78. The summed E-state index contributed by atoms with van der Waals surface area (Å²) >= 11 is 0. The number of ether oxygens (including phenoxy) is 2. The fourth-order valence-electron chi connectivity index (χ4n) is 1.62. The third kappa shape index (κ3) is 1.31. The Morgan fingerprint density at radius 3 is 3.06 bits per heavy atom. The zero-order chi connectivity index (χ0) is 11.0. The molecule has 0 spiro atoms. The van der Waals surface area contributed by atoms with Crippen molar-refractivity contribution < 1.29 is 14.6 Å². The van der Waals surface area contributed by atoms with Gasteiger partial charge < -0.3 is 14.6 Å². The van der Waals surface area contributed by atoms with E-state index in [0.717, 1.165) is 11.4 Å². The molecule has 1 aromatic heterocycles. The van der Waals surface area contributed by atoms with Gasteiger partial charge in [-0.3, -0.25) is 4.57 Å². The van der Waals surface area contributed by atoms with Gasteiger partial charge in [-0.15, -0.1) is 10.2 Å². The first kappa shape index (κ1) is 9.17. The van der Waals surface area contributed by atoms with E-state index in [1.165, 1.54) is 0 Å². The van der Waals surface area contributed by atoms with Crippen LogP contribution < -0.4 is 9.47 Å². The SMILES string of the molecule is OCc1nncn1-c1ccc2c(c1)OCO2. The van der Waals surface area contributed by atoms with Crippen molar-refractivity contribution in [1.29, 1.82) is 0 Å². The van der Waals surface area contributed by atoms with Crippen LogP contribution in [0.25, 0.3) is 5.69 Å². The normalized spacial score (nSPS) is 13.1. The smallest absolute Gasteiger partial charge is 0.231 e. The molecule has 16 heavy (non-hydrogen) atoms. The Morgan fingerprint density at radius 1 is 1.31 bits per heavy atom. The van der Waals surface area contributed by atoms with E-state index in [1.807, 2.05) is 18.2 Å². The van der Waals surface area contributed by atoms with Crippen LogP contribution in [0, 0.1) is 0 Å². The van der Waals surface area contributed by atoms with Crippen LogP contribution in [0.15, 0.2) is 24.5 Å². The highest BCUT2D eigenvalue weighted by molar-refractivity contribution is 5.50. The molecule has 0 amide bonds. The van der Waals surface area contributed by atoms with Gasteiger partial charge in [0, 0.05) is 6.07 Å². The summed E-state index contributed by atoms with van der Waals surface area (Å²) in [7, 11) is 0. The van der Waals surface area contributed by atoms with Gasteiger partial charge in [0.2, 0.25) is 6.79 Å². The first-order chi connectivity index (χ1) is 7.88. The Morgan fingerprint density at radius 2 is 2.19 bits per heavy atom. The zero-order valence-corrected chi connectivity index (χ0v) is 8.33. The molecule has 0 fully saturated rings. The number of benzene rings is 1. The summed E-state index contributed by atoms with van der Waals surface area (Å²) in [4.78, 5) is 0. The molecule has 0 unspecified atom stereocenters. The summed E-state index contributed by atoms with van der Waals surface area (Å²) in [5.41, 5.74) is 0.832. The van der Waals surface area contributed by atoms with E-state index in [1.54, 1.807) is 10.9 Å². The van der Waals surface area contributed by atoms with E-state index in [2.05, 4.69) is 10.2 Å². The van der Waals surface area contributed by atoms with Crippen LogP contribution in [-0.4, -0.2) is 26.7 Å². The lowest BCUT2D eigenvalue weighted by Gasteiger charge is -2.05. The van der Waals surface area contributed by atoms with Crippen molar-refractivity contribution in [3.05, 3.63) is 30.4 Å². The number of fused-ring (bicyclic) bond motifs is 1. The summed E-state index contributed by atoms with van der Waals surface area (Å²) in [5.74, 6) is 1.90. The van der Waals surface area contributed by atoms with Crippen LogP contribution in [0.5, 0.6) is 11.5 Å². The van der Waals surface area contributed by atoms with E-state index in [-0.39, 0.29) is 13.4 Å². The first-order valence-electron chi connectivity index (χ1n) is 4.78. The maximum Gasteiger partial charge on any atom is 0.231 e. The van der Waals surface area contributed by atoms with E-state index in [4.69, 9.17) is 14.6 Å². The fraction of sp³-hybridized carbons (Fsp3) is 0.200. The lowest BCUT2D eigenvalue weighted by atomic mass is 10.2. The molecule has 0 radical (unpaired) electrons. The molecule has 0 saturated carbocycles. The third-order valence-corrected chi connectivity index (χ3v) is 2.39. The van der Waals surface area contributed by atoms with Gasteiger partial charge >= 0.3 is 0 Å². The Labute approximate surface area is 91.1 Å². The largest absolute Gasteiger partial charge is 0.454 e. The van der Waals surface area contributed by atoms with Crippen molar-refractivity contribution in [2.24, 2.45) is 0 Å². The molecule has 0 bridgehead atoms. The molecule has 2 aromatic rings. The van der Waals surface area contributed by atoms with E-state index >= 15 is 0 Å². The molecular formula is C10H9N3O3. The molecular weight excluding hydrogens is 210 g/mol. The average molecular weight is 219 g/mol. The minimum Gasteiger partial charge on any atom is -0.454 e. The van der Waals surface area contributed by atoms with Gasteiger partial charge in [-0.25, -0.2) is 0 Å². The van der Waals surface area contributed by atoms with Crippen LogP contribution in [0.1, 0.15) is 5.82 Å². The molecule has 1 N–H and O–H groups in total. The highest BCUT2D eigenvalue weighted by Crippen LogP contribution is 2.33. The third-order valence-electron chi connectivity index (χ3n) is 2.39. The maximum atomic E-state index is 9.08. The molecule has 6 heteroatoms. The Balaban J connectivity index is 2.07. The van der Waals surface area contributed by atoms with Crippen LogP contribution >= 0.6 is 0 Å². The predicted octanol–water partition coefficient (Wildman–Crippen LogP) is 0.488. The van der Waals surface area contributed by atoms with Crippen molar-refractivity contribution >= 4 is 0 Å². The number of aliphatic hydroxyl groups excluding tert-OH is 1. The zero-order valence-electron chi connectivity index (χ0n) is 8.33. The van der Waals surface area contributed by atoms with Gasteiger partial charge in [0.05, 0.1) is 5.69 Å². The molecule has 2 heterocycles. The number of nitrogens with zero attached hydrogens (tertiary/aromatic N) is 3. The highest BCUT2D eigenvalue weighted by atomic mass is 16.7. The van der Waals surface area contributed by atoms with Gasteiger partial charge in [0.25, 0.3) is 0 Å². The van der Waals surface area contributed by atoms with Crippen molar-refractivity contribution in [3.8, 4) is 17.2 Å². The monoisotopic (exact) mass is 219 g/mol. The van der Waals surface area contributed by atoms with Crippen LogP contribution in [-0.2, 0) is 6.61 Å². The molecule has 6 nitrogen and oxygen atoms in total. The topological polar surface area (TPSA) is 69.4 Å². The summed E-state index contributed by atoms with van der Waals surface area (Å²) in [6.07, 6.45) is 1.54. The summed E-state index contributed by atoms with van der Waals surface area (Å²) in [5, 5.41) is 16.6.